The van der Waals surface area contributed by atoms with Crippen molar-refractivity contribution in [3.8, 4) is 0 Å². The zero-order valence-electron chi connectivity index (χ0n) is 13.0. The highest BCUT2D eigenvalue weighted by molar-refractivity contribution is 6.34. The van der Waals surface area contributed by atoms with Crippen LogP contribution in [0.25, 0.3) is 0 Å². The second-order valence-corrected chi connectivity index (χ2v) is 5.32. The van der Waals surface area contributed by atoms with Crippen molar-refractivity contribution in [2.75, 3.05) is 13.1 Å². The molecule has 0 radical (unpaired) electrons. The molecule has 1 aromatic carbocycles. The van der Waals surface area contributed by atoms with Crippen LogP contribution in [0.4, 0.5) is 5.69 Å². The van der Waals surface area contributed by atoms with E-state index in [0.29, 0.717) is 0 Å². The van der Waals surface area contributed by atoms with Crippen LogP contribution in [-0.2, 0) is 9.59 Å². The van der Waals surface area contributed by atoms with E-state index in [2.05, 4.69) is 5.32 Å². The number of nitrogens with zero attached hydrogens (tertiary/aromatic N) is 2. The lowest BCUT2D eigenvalue weighted by Gasteiger charge is -2.27. The first-order chi connectivity index (χ1) is 11.1. The molecule has 1 atom stereocenters. The molecule has 0 fully saturated rings. The van der Waals surface area contributed by atoms with Crippen LogP contribution < -0.4 is 5.32 Å². The van der Waals surface area contributed by atoms with E-state index in [-0.39, 0.29) is 35.3 Å². The summed E-state index contributed by atoms with van der Waals surface area (Å²) in [4.78, 5) is 45.7. The fourth-order valence-corrected chi connectivity index (χ4v) is 2.16. The second-order valence-electron chi connectivity index (χ2n) is 4.92. The van der Waals surface area contributed by atoms with Crippen molar-refractivity contribution in [3.05, 3.63) is 38.9 Å². The van der Waals surface area contributed by atoms with Gasteiger partial charge >= 0.3 is 5.97 Å². The molecule has 2 amide bonds. The molecule has 1 rings (SSSR count). The van der Waals surface area contributed by atoms with Gasteiger partial charge in [-0.2, -0.15) is 0 Å². The molecule has 130 valence electrons. The maximum atomic E-state index is 12.6. The molecule has 0 aliphatic rings. The highest BCUT2D eigenvalue weighted by Gasteiger charge is 2.28. The molecule has 0 heterocycles. The summed E-state index contributed by atoms with van der Waals surface area (Å²) in [6.45, 7) is 2.61. The first-order valence-electron chi connectivity index (χ1n) is 6.87. The quantitative estimate of drug-likeness (QED) is 0.558. The first-order valence-corrected chi connectivity index (χ1v) is 7.25. The van der Waals surface area contributed by atoms with Gasteiger partial charge in [0.1, 0.15) is 6.04 Å². The Morgan fingerprint density at radius 1 is 1.42 bits per heavy atom. The molecule has 0 saturated heterocycles. The largest absolute Gasteiger partial charge is 0.480 e. The minimum atomic E-state index is -1.23. The number of rotatable bonds is 7. The Labute approximate surface area is 142 Å². The lowest BCUT2D eigenvalue weighted by Crippen LogP contribution is -2.46. The summed E-state index contributed by atoms with van der Waals surface area (Å²) in [5.74, 6) is -2.25. The van der Waals surface area contributed by atoms with Gasteiger partial charge in [-0.25, -0.2) is 4.79 Å². The van der Waals surface area contributed by atoms with Gasteiger partial charge in [-0.05, 0) is 13.0 Å². The number of hydrogen-bond acceptors (Lipinski definition) is 5. The topological polar surface area (TPSA) is 130 Å². The number of carbonyl (C=O) groups is 3. The lowest BCUT2D eigenvalue weighted by molar-refractivity contribution is -0.384. The van der Waals surface area contributed by atoms with Gasteiger partial charge < -0.3 is 15.3 Å². The van der Waals surface area contributed by atoms with Crippen molar-refractivity contribution >= 4 is 35.1 Å². The number of carbonyl (C=O) groups excluding carboxylic acids is 2. The Bertz CT molecular complexity index is 678. The molecule has 0 bridgehead atoms. The van der Waals surface area contributed by atoms with Gasteiger partial charge in [-0.3, -0.25) is 19.7 Å². The maximum absolute atomic E-state index is 12.6. The van der Waals surface area contributed by atoms with Gasteiger partial charge in [0.2, 0.25) is 5.91 Å². The van der Waals surface area contributed by atoms with Crippen molar-refractivity contribution in [3.63, 3.8) is 0 Å². The molecule has 0 aliphatic heterocycles. The highest BCUT2D eigenvalue weighted by Crippen LogP contribution is 2.24. The van der Waals surface area contributed by atoms with Crippen LogP contribution in [0.3, 0.4) is 0 Å². The number of carboxylic acids is 1. The fourth-order valence-electron chi connectivity index (χ4n) is 1.90. The van der Waals surface area contributed by atoms with E-state index in [1.165, 1.54) is 19.9 Å². The summed E-state index contributed by atoms with van der Waals surface area (Å²) in [7, 11) is 0. The van der Waals surface area contributed by atoms with Gasteiger partial charge in [0.15, 0.2) is 0 Å². The summed E-state index contributed by atoms with van der Waals surface area (Å²) >= 11 is 5.91. The summed E-state index contributed by atoms with van der Waals surface area (Å²) in [5, 5.41) is 22.2. The Morgan fingerprint density at radius 3 is 2.50 bits per heavy atom. The van der Waals surface area contributed by atoms with Crippen molar-refractivity contribution in [1.29, 1.82) is 0 Å². The first kappa shape index (κ1) is 19.4. The fraction of sp³-hybridized carbons (Fsp3) is 0.357. The molecule has 10 heteroatoms. The third-order valence-corrected chi connectivity index (χ3v) is 3.52. The van der Waals surface area contributed by atoms with Gasteiger partial charge in [-0.1, -0.05) is 11.6 Å². The number of hydrogen-bond donors (Lipinski definition) is 2. The molecule has 0 aromatic heterocycles. The molecule has 24 heavy (non-hydrogen) atoms. The van der Waals surface area contributed by atoms with Crippen molar-refractivity contribution in [2.24, 2.45) is 0 Å². The molecular weight excluding hydrogens is 342 g/mol. The Kier molecular flexibility index (Phi) is 6.66. The smallest absolute Gasteiger partial charge is 0.326 e. The average molecular weight is 358 g/mol. The average Bonchev–Trinajstić information content (AvgIpc) is 2.49. The van der Waals surface area contributed by atoms with Gasteiger partial charge in [0.25, 0.3) is 11.6 Å². The van der Waals surface area contributed by atoms with E-state index in [4.69, 9.17) is 16.7 Å². The van der Waals surface area contributed by atoms with E-state index in [0.717, 1.165) is 17.0 Å². The van der Waals surface area contributed by atoms with E-state index in [9.17, 15) is 24.5 Å². The van der Waals surface area contributed by atoms with Crippen molar-refractivity contribution in [2.45, 2.75) is 19.9 Å². The molecule has 9 nitrogen and oxygen atoms in total. The standard InChI is InChI=1S/C14H16ClN3O6/c1-8(14(21)22)17(6-5-16-9(2)19)13(20)11-4-3-10(18(23)24)7-12(11)15/h3-4,7-8H,5-6H2,1-2H3,(H,16,19)(H,21,22). The van der Waals surface area contributed by atoms with Crippen LogP contribution in [-0.4, -0.2) is 51.8 Å². The Hall–Kier alpha value is -2.68. The zero-order valence-corrected chi connectivity index (χ0v) is 13.7. The predicted molar refractivity (Wildman–Crippen MR) is 84.9 cm³/mol. The molecular formula is C14H16ClN3O6. The van der Waals surface area contributed by atoms with Crippen LogP contribution in [0, 0.1) is 10.1 Å². The molecule has 1 unspecified atom stereocenters. The number of amides is 2. The minimum absolute atomic E-state index is 0.0564. The number of non-ortho nitro benzene ring substituents is 1. The number of nitrogens with one attached hydrogen (secondary N) is 1. The molecule has 0 spiro atoms. The van der Waals surface area contributed by atoms with Crippen LogP contribution in [0.15, 0.2) is 18.2 Å². The summed E-state index contributed by atoms with van der Waals surface area (Å²) in [5.41, 5.74) is -0.342. The molecule has 1 aromatic rings. The van der Waals surface area contributed by atoms with Crippen LogP contribution >= 0.6 is 11.6 Å². The number of benzene rings is 1. The maximum Gasteiger partial charge on any atom is 0.326 e. The Balaban J connectivity index is 3.08. The van der Waals surface area contributed by atoms with Crippen LogP contribution in [0.1, 0.15) is 24.2 Å². The predicted octanol–water partition coefficient (Wildman–Crippen LogP) is 1.30. The summed E-state index contributed by atoms with van der Waals surface area (Å²) in [6, 6.07) is 2.13. The normalized spacial score (nSPS) is 11.5. The second kappa shape index (κ2) is 8.25. The third-order valence-electron chi connectivity index (χ3n) is 3.21. The number of nitro benzene ring substituents is 1. The van der Waals surface area contributed by atoms with Gasteiger partial charge in [0, 0.05) is 32.1 Å². The van der Waals surface area contributed by atoms with Gasteiger partial charge in [0.05, 0.1) is 15.5 Å². The summed E-state index contributed by atoms with van der Waals surface area (Å²) < 4.78 is 0. The van der Waals surface area contributed by atoms with Crippen LogP contribution in [0.2, 0.25) is 5.02 Å². The van der Waals surface area contributed by atoms with Crippen molar-refractivity contribution < 1.29 is 24.4 Å². The number of carboxylic acid groups (broad SMARTS) is 1. The molecule has 0 aliphatic carbocycles. The number of nitro groups is 1. The molecule has 0 saturated carbocycles. The van der Waals surface area contributed by atoms with Crippen molar-refractivity contribution in [1.82, 2.24) is 10.2 Å². The van der Waals surface area contributed by atoms with E-state index < -0.39 is 22.8 Å². The van der Waals surface area contributed by atoms with E-state index >= 15 is 0 Å². The lowest BCUT2D eigenvalue weighted by atomic mass is 10.1. The van der Waals surface area contributed by atoms with Gasteiger partial charge in [-0.15, -0.1) is 0 Å². The highest BCUT2D eigenvalue weighted by atomic mass is 35.5. The minimum Gasteiger partial charge on any atom is -0.480 e. The third kappa shape index (κ3) is 4.92. The van der Waals surface area contributed by atoms with E-state index in [1.807, 2.05) is 0 Å². The summed E-state index contributed by atoms with van der Waals surface area (Å²) in [6.07, 6.45) is 0. The number of aliphatic carboxylic acids is 1. The van der Waals surface area contributed by atoms with Crippen LogP contribution in [0.5, 0.6) is 0 Å². The zero-order chi connectivity index (χ0) is 18.4. The Morgan fingerprint density at radius 2 is 2.04 bits per heavy atom. The SMILES string of the molecule is CC(=O)NCCN(C(=O)c1ccc([N+](=O)[O-])cc1Cl)C(C)C(=O)O. The number of halogens is 1. The molecule has 2 N–H and O–H groups in total. The monoisotopic (exact) mass is 357 g/mol. The van der Waals surface area contributed by atoms with E-state index in [1.54, 1.807) is 0 Å².